The molecule has 2 N–H and O–H groups in total. The van der Waals surface area contributed by atoms with Gasteiger partial charge in [0, 0.05) is 12.6 Å². The van der Waals surface area contributed by atoms with E-state index >= 15 is 0 Å². The third-order valence-corrected chi connectivity index (χ3v) is 4.78. The molecule has 2 rings (SSSR count). The van der Waals surface area contributed by atoms with Crippen LogP contribution in [-0.4, -0.2) is 47.2 Å². The second-order valence-electron chi connectivity index (χ2n) is 7.16. The molecule has 0 aromatic carbocycles. The molecule has 2 unspecified atom stereocenters. The molecule has 1 heterocycles. The fourth-order valence-electron chi connectivity index (χ4n) is 3.52. The van der Waals surface area contributed by atoms with E-state index in [9.17, 15) is 9.90 Å². The van der Waals surface area contributed by atoms with E-state index < -0.39 is 11.5 Å². The molecule has 0 radical (unpaired) electrons. The Kier molecular flexibility index (Phi) is 5.08. The molecule has 0 aromatic rings. The number of likely N-dealkylation sites (tertiary alicyclic amines) is 1. The van der Waals surface area contributed by atoms with Crippen LogP contribution in [0.15, 0.2) is 0 Å². The van der Waals surface area contributed by atoms with Crippen molar-refractivity contribution in [3.8, 4) is 0 Å². The highest BCUT2D eigenvalue weighted by molar-refractivity contribution is 5.80. The van der Waals surface area contributed by atoms with Crippen LogP contribution >= 0.6 is 0 Å². The molecule has 0 bridgehead atoms. The number of hydrogen-bond acceptors (Lipinski definition) is 3. The minimum atomic E-state index is -0.734. The molecule has 1 saturated carbocycles. The van der Waals surface area contributed by atoms with E-state index in [1.165, 1.54) is 19.3 Å². The number of hydrogen-bond donors (Lipinski definition) is 2. The Morgan fingerprint density at radius 2 is 2.00 bits per heavy atom. The maximum Gasteiger partial charge on any atom is 0.325 e. The number of nitrogens with zero attached hydrogens (tertiary/aromatic N) is 1. The third-order valence-electron chi connectivity index (χ3n) is 4.78. The Morgan fingerprint density at radius 3 is 2.55 bits per heavy atom. The van der Waals surface area contributed by atoms with Crippen LogP contribution in [0.25, 0.3) is 0 Å². The summed E-state index contributed by atoms with van der Waals surface area (Å²) in [4.78, 5) is 14.4. The summed E-state index contributed by atoms with van der Waals surface area (Å²) in [6.45, 7) is 9.16. The van der Waals surface area contributed by atoms with Gasteiger partial charge in [0.2, 0.25) is 0 Å². The molecule has 1 saturated heterocycles. The summed E-state index contributed by atoms with van der Waals surface area (Å²) in [5.74, 6) is 0.423. The van der Waals surface area contributed by atoms with Crippen molar-refractivity contribution in [2.24, 2.45) is 11.8 Å². The largest absolute Gasteiger partial charge is 0.480 e. The predicted octanol–water partition coefficient (Wildman–Crippen LogP) is 2.34. The third kappa shape index (κ3) is 3.73. The average molecular weight is 282 g/mol. The zero-order valence-corrected chi connectivity index (χ0v) is 13.2. The van der Waals surface area contributed by atoms with Crippen molar-refractivity contribution in [1.82, 2.24) is 10.2 Å². The summed E-state index contributed by atoms with van der Waals surface area (Å²) in [5, 5.41) is 13.2. The Balaban J connectivity index is 2.08. The predicted molar refractivity (Wildman–Crippen MR) is 80.8 cm³/mol. The summed E-state index contributed by atoms with van der Waals surface area (Å²) >= 11 is 0. The lowest BCUT2D eigenvalue weighted by Crippen LogP contribution is -2.62. The Morgan fingerprint density at radius 1 is 1.30 bits per heavy atom. The van der Waals surface area contributed by atoms with Crippen LogP contribution in [0.2, 0.25) is 0 Å². The van der Waals surface area contributed by atoms with Crippen molar-refractivity contribution in [1.29, 1.82) is 0 Å². The second kappa shape index (κ2) is 6.44. The molecule has 1 aliphatic heterocycles. The SMILES string of the molecule is CC1CCCN(CC(NC(C)C)(C(=O)O)C2CC2)CC1. The van der Waals surface area contributed by atoms with Gasteiger partial charge in [-0.1, -0.05) is 6.92 Å². The summed E-state index contributed by atoms with van der Waals surface area (Å²) in [5.41, 5.74) is -0.734. The van der Waals surface area contributed by atoms with Gasteiger partial charge in [0.05, 0.1) is 0 Å². The summed E-state index contributed by atoms with van der Waals surface area (Å²) < 4.78 is 0. The molecule has 0 spiro atoms. The fourth-order valence-corrected chi connectivity index (χ4v) is 3.52. The molecule has 0 amide bonds. The molecule has 4 heteroatoms. The van der Waals surface area contributed by atoms with E-state index in [2.05, 4.69) is 17.1 Å². The first-order chi connectivity index (χ1) is 9.44. The van der Waals surface area contributed by atoms with Gasteiger partial charge in [0.1, 0.15) is 5.54 Å². The topological polar surface area (TPSA) is 52.6 Å². The van der Waals surface area contributed by atoms with Gasteiger partial charge in [0.25, 0.3) is 0 Å². The average Bonchev–Trinajstić information content (AvgIpc) is 3.16. The zero-order valence-electron chi connectivity index (χ0n) is 13.2. The highest BCUT2D eigenvalue weighted by Gasteiger charge is 2.52. The van der Waals surface area contributed by atoms with E-state index in [-0.39, 0.29) is 6.04 Å². The lowest BCUT2D eigenvalue weighted by atomic mass is 9.91. The molecule has 2 fully saturated rings. The van der Waals surface area contributed by atoms with Gasteiger partial charge in [-0.25, -0.2) is 0 Å². The van der Waals surface area contributed by atoms with E-state index in [4.69, 9.17) is 0 Å². The van der Waals surface area contributed by atoms with E-state index in [0.717, 1.165) is 31.8 Å². The number of nitrogens with one attached hydrogen (secondary N) is 1. The molecule has 1 aliphatic carbocycles. The number of carboxylic acid groups (broad SMARTS) is 1. The normalized spacial score (nSPS) is 28.1. The van der Waals surface area contributed by atoms with Crippen molar-refractivity contribution in [2.45, 2.75) is 64.5 Å². The van der Waals surface area contributed by atoms with Crippen molar-refractivity contribution < 1.29 is 9.90 Å². The van der Waals surface area contributed by atoms with Crippen molar-refractivity contribution >= 4 is 5.97 Å². The van der Waals surface area contributed by atoms with Gasteiger partial charge in [-0.2, -0.15) is 0 Å². The van der Waals surface area contributed by atoms with E-state index in [1.807, 2.05) is 13.8 Å². The van der Waals surface area contributed by atoms with Crippen LogP contribution in [0.4, 0.5) is 0 Å². The van der Waals surface area contributed by atoms with Gasteiger partial charge in [-0.05, 0) is 70.9 Å². The van der Waals surface area contributed by atoms with Gasteiger partial charge in [-0.3, -0.25) is 10.1 Å². The second-order valence-corrected chi connectivity index (χ2v) is 7.16. The van der Waals surface area contributed by atoms with E-state index in [1.54, 1.807) is 0 Å². The molecular formula is C16H30N2O2. The van der Waals surface area contributed by atoms with Crippen LogP contribution < -0.4 is 5.32 Å². The van der Waals surface area contributed by atoms with Crippen LogP contribution in [-0.2, 0) is 4.79 Å². The number of carbonyl (C=O) groups is 1. The van der Waals surface area contributed by atoms with Gasteiger partial charge in [0.15, 0.2) is 0 Å². The van der Waals surface area contributed by atoms with Crippen LogP contribution in [0.5, 0.6) is 0 Å². The molecule has 2 aliphatic rings. The van der Waals surface area contributed by atoms with Crippen molar-refractivity contribution in [3.63, 3.8) is 0 Å². The van der Waals surface area contributed by atoms with Crippen molar-refractivity contribution in [2.75, 3.05) is 19.6 Å². The summed E-state index contributed by atoms with van der Waals surface area (Å²) in [6, 6.07) is 0.206. The first-order valence-electron chi connectivity index (χ1n) is 8.17. The number of aliphatic carboxylic acids is 1. The number of carboxylic acids is 1. The van der Waals surface area contributed by atoms with Crippen molar-refractivity contribution in [3.05, 3.63) is 0 Å². The first-order valence-corrected chi connectivity index (χ1v) is 8.17. The standard InChI is InChI=1S/C16H30N2O2/c1-12(2)17-16(15(19)20,14-6-7-14)11-18-9-4-5-13(3)8-10-18/h12-14,17H,4-11H2,1-3H3,(H,19,20). The highest BCUT2D eigenvalue weighted by atomic mass is 16.4. The molecular weight excluding hydrogens is 252 g/mol. The van der Waals surface area contributed by atoms with Crippen LogP contribution in [0, 0.1) is 11.8 Å². The maximum absolute atomic E-state index is 12.0. The maximum atomic E-state index is 12.0. The molecule has 116 valence electrons. The van der Waals surface area contributed by atoms with Crippen LogP contribution in [0.3, 0.4) is 0 Å². The Labute approximate surface area is 122 Å². The van der Waals surface area contributed by atoms with E-state index in [0.29, 0.717) is 12.5 Å². The van der Waals surface area contributed by atoms with Crippen LogP contribution in [0.1, 0.15) is 52.9 Å². The fraction of sp³-hybridized carbons (Fsp3) is 0.938. The Bertz CT molecular complexity index is 341. The van der Waals surface area contributed by atoms with Gasteiger partial charge < -0.3 is 10.0 Å². The smallest absolute Gasteiger partial charge is 0.325 e. The molecule has 2 atom stereocenters. The minimum absolute atomic E-state index is 0.206. The molecule has 20 heavy (non-hydrogen) atoms. The lowest BCUT2D eigenvalue weighted by molar-refractivity contribution is -0.147. The highest BCUT2D eigenvalue weighted by Crippen LogP contribution is 2.41. The lowest BCUT2D eigenvalue weighted by Gasteiger charge is -2.37. The Hall–Kier alpha value is -0.610. The number of rotatable bonds is 6. The minimum Gasteiger partial charge on any atom is -0.480 e. The van der Waals surface area contributed by atoms with Gasteiger partial charge >= 0.3 is 5.97 Å². The monoisotopic (exact) mass is 282 g/mol. The quantitative estimate of drug-likeness (QED) is 0.785. The first kappa shape index (κ1) is 15.8. The summed E-state index contributed by atoms with van der Waals surface area (Å²) in [7, 11) is 0. The summed E-state index contributed by atoms with van der Waals surface area (Å²) in [6.07, 6.45) is 5.77. The molecule has 0 aromatic heterocycles. The van der Waals surface area contributed by atoms with Gasteiger partial charge in [-0.15, -0.1) is 0 Å². The molecule has 4 nitrogen and oxygen atoms in total. The zero-order chi connectivity index (χ0) is 14.8.